The number of nitrogens with one attached hydrogen (secondary N) is 1. The SMILES string of the molecule is CCOc1cc(NC(=O)c2ccccc2-n2cccn2)c([N+](=O)[O-])cc1OCC. The topological polar surface area (TPSA) is 109 Å². The van der Waals surface area contributed by atoms with Crippen molar-refractivity contribution in [2.75, 3.05) is 18.5 Å². The summed E-state index contributed by atoms with van der Waals surface area (Å²) in [6.45, 7) is 4.22. The van der Waals surface area contributed by atoms with Crippen LogP contribution in [0.4, 0.5) is 11.4 Å². The van der Waals surface area contributed by atoms with Gasteiger partial charge in [-0.2, -0.15) is 5.10 Å². The van der Waals surface area contributed by atoms with Crippen LogP contribution in [-0.4, -0.2) is 33.8 Å². The van der Waals surface area contributed by atoms with Gasteiger partial charge in [0.15, 0.2) is 11.5 Å². The van der Waals surface area contributed by atoms with Crippen LogP contribution in [0.15, 0.2) is 54.9 Å². The van der Waals surface area contributed by atoms with Crippen LogP contribution in [0.25, 0.3) is 5.69 Å². The average molecular weight is 396 g/mol. The summed E-state index contributed by atoms with van der Waals surface area (Å²) in [6.07, 6.45) is 3.30. The highest BCUT2D eigenvalue weighted by Crippen LogP contribution is 2.38. The molecule has 9 heteroatoms. The standard InChI is InChI=1S/C20H20N4O5/c1-3-28-18-12-15(17(24(26)27)13-19(18)29-4-2)22-20(25)14-8-5-6-9-16(14)23-11-7-10-21-23/h5-13H,3-4H2,1-2H3,(H,22,25). The van der Waals surface area contributed by atoms with Gasteiger partial charge in [0, 0.05) is 18.5 Å². The lowest BCUT2D eigenvalue weighted by molar-refractivity contribution is -0.384. The molecule has 0 spiro atoms. The number of para-hydroxylation sites is 1. The number of nitrogens with zero attached hydrogens (tertiary/aromatic N) is 3. The molecule has 0 fully saturated rings. The number of benzene rings is 2. The number of ether oxygens (including phenoxy) is 2. The van der Waals surface area contributed by atoms with Gasteiger partial charge in [-0.1, -0.05) is 12.1 Å². The Morgan fingerprint density at radius 3 is 2.45 bits per heavy atom. The van der Waals surface area contributed by atoms with Crippen LogP contribution in [-0.2, 0) is 0 Å². The predicted molar refractivity (Wildman–Crippen MR) is 107 cm³/mol. The first kappa shape index (κ1) is 19.9. The monoisotopic (exact) mass is 396 g/mol. The van der Waals surface area contributed by atoms with Gasteiger partial charge in [0.2, 0.25) is 0 Å². The van der Waals surface area contributed by atoms with Gasteiger partial charge in [-0.05, 0) is 32.0 Å². The summed E-state index contributed by atoms with van der Waals surface area (Å²) < 4.78 is 12.5. The van der Waals surface area contributed by atoms with E-state index >= 15 is 0 Å². The van der Waals surface area contributed by atoms with Crippen molar-refractivity contribution in [3.8, 4) is 17.2 Å². The number of aromatic nitrogens is 2. The molecule has 0 aliphatic heterocycles. The van der Waals surface area contributed by atoms with Crippen molar-refractivity contribution in [3.05, 3.63) is 70.5 Å². The number of nitro groups is 1. The van der Waals surface area contributed by atoms with Gasteiger partial charge in [-0.3, -0.25) is 14.9 Å². The van der Waals surface area contributed by atoms with Gasteiger partial charge in [-0.15, -0.1) is 0 Å². The normalized spacial score (nSPS) is 10.4. The molecule has 29 heavy (non-hydrogen) atoms. The summed E-state index contributed by atoms with van der Waals surface area (Å²) in [5, 5.41) is 18.3. The van der Waals surface area contributed by atoms with Crippen molar-refractivity contribution in [1.29, 1.82) is 0 Å². The Morgan fingerprint density at radius 1 is 1.14 bits per heavy atom. The minimum atomic E-state index is -0.576. The molecule has 0 aliphatic rings. The van der Waals surface area contributed by atoms with Crippen LogP contribution in [0.2, 0.25) is 0 Å². The molecule has 1 N–H and O–H groups in total. The van der Waals surface area contributed by atoms with Crippen LogP contribution in [0.3, 0.4) is 0 Å². The summed E-state index contributed by atoms with van der Waals surface area (Å²) in [5.41, 5.74) is 0.593. The second-order valence-corrected chi connectivity index (χ2v) is 5.86. The molecule has 150 valence electrons. The zero-order valence-corrected chi connectivity index (χ0v) is 16.0. The lowest BCUT2D eigenvalue weighted by atomic mass is 10.1. The fourth-order valence-corrected chi connectivity index (χ4v) is 2.80. The predicted octanol–water partition coefficient (Wildman–Crippen LogP) is 3.83. The van der Waals surface area contributed by atoms with E-state index in [1.807, 2.05) is 0 Å². The summed E-state index contributed by atoms with van der Waals surface area (Å²) >= 11 is 0. The quantitative estimate of drug-likeness (QED) is 0.458. The van der Waals surface area contributed by atoms with Gasteiger partial charge in [0.05, 0.1) is 35.5 Å². The Labute approximate surface area is 167 Å². The maximum Gasteiger partial charge on any atom is 0.296 e. The fraction of sp³-hybridized carbons (Fsp3) is 0.200. The van der Waals surface area contributed by atoms with E-state index in [0.29, 0.717) is 30.2 Å². The van der Waals surface area contributed by atoms with Crippen LogP contribution in [0.1, 0.15) is 24.2 Å². The summed E-state index contributed by atoms with van der Waals surface area (Å²) in [5.74, 6) is 0.0532. The molecule has 9 nitrogen and oxygen atoms in total. The Balaban J connectivity index is 2.00. The van der Waals surface area contributed by atoms with E-state index in [9.17, 15) is 14.9 Å². The van der Waals surface area contributed by atoms with Crippen LogP contribution >= 0.6 is 0 Å². The first-order chi connectivity index (χ1) is 14.0. The zero-order valence-electron chi connectivity index (χ0n) is 16.0. The number of hydrogen-bond acceptors (Lipinski definition) is 6. The van der Waals surface area contributed by atoms with Crippen LogP contribution in [0, 0.1) is 10.1 Å². The molecule has 2 aromatic carbocycles. The molecule has 0 radical (unpaired) electrons. The van der Waals surface area contributed by atoms with Crippen LogP contribution in [0.5, 0.6) is 11.5 Å². The molecule has 0 atom stereocenters. The van der Waals surface area contributed by atoms with E-state index in [-0.39, 0.29) is 17.1 Å². The van der Waals surface area contributed by atoms with E-state index in [1.54, 1.807) is 61.3 Å². The highest BCUT2D eigenvalue weighted by atomic mass is 16.6. The van der Waals surface area contributed by atoms with Crippen LogP contribution < -0.4 is 14.8 Å². The van der Waals surface area contributed by atoms with Gasteiger partial charge in [-0.25, -0.2) is 4.68 Å². The highest BCUT2D eigenvalue weighted by molar-refractivity contribution is 6.08. The lowest BCUT2D eigenvalue weighted by Gasteiger charge is -2.14. The number of carbonyl (C=O) groups is 1. The fourth-order valence-electron chi connectivity index (χ4n) is 2.80. The maximum absolute atomic E-state index is 12.9. The number of amides is 1. The minimum absolute atomic E-state index is 0.0159. The largest absolute Gasteiger partial charge is 0.490 e. The van der Waals surface area contributed by atoms with E-state index in [4.69, 9.17) is 9.47 Å². The molecule has 0 bridgehead atoms. The molecule has 1 aromatic heterocycles. The summed E-state index contributed by atoms with van der Waals surface area (Å²) in [4.78, 5) is 23.9. The Morgan fingerprint density at radius 2 is 1.83 bits per heavy atom. The number of hydrogen-bond donors (Lipinski definition) is 1. The molecule has 0 saturated carbocycles. The number of carbonyl (C=O) groups excluding carboxylic acids is 1. The van der Waals surface area contributed by atoms with E-state index in [0.717, 1.165) is 0 Å². The number of nitro benzene ring substituents is 1. The van der Waals surface area contributed by atoms with Crippen molar-refractivity contribution >= 4 is 17.3 Å². The van der Waals surface area contributed by atoms with Crippen molar-refractivity contribution in [2.45, 2.75) is 13.8 Å². The van der Waals surface area contributed by atoms with Crippen molar-refractivity contribution < 1.29 is 19.2 Å². The molecule has 1 heterocycles. The molecule has 0 saturated heterocycles. The van der Waals surface area contributed by atoms with Crippen molar-refractivity contribution in [1.82, 2.24) is 9.78 Å². The molecule has 1 amide bonds. The molecule has 3 rings (SSSR count). The molecular formula is C20H20N4O5. The lowest BCUT2D eigenvalue weighted by Crippen LogP contribution is -2.16. The van der Waals surface area contributed by atoms with E-state index in [1.165, 1.54) is 12.1 Å². The second-order valence-electron chi connectivity index (χ2n) is 5.86. The van der Waals surface area contributed by atoms with E-state index < -0.39 is 10.8 Å². The number of anilines is 1. The smallest absolute Gasteiger partial charge is 0.296 e. The van der Waals surface area contributed by atoms with Gasteiger partial charge in [0.1, 0.15) is 5.69 Å². The first-order valence-electron chi connectivity index (χ1n) is 9.03. The molecule has 3 aromatic rings. The molecule has 0 aliphatic carbocycles. The number of rotatable bonds is 8. The molecule has 0 unspecified atom stereocenters. The zero-order chi connectivity index (χ0) is 20.8. The Kier molecular flexibility index (Phi) is 6.08. The van der Waals surface area contributed by atoms with Gasteiger partial charge < -0.3 is 14.8 Å². The third-order valence-corrected chi connectivity index (χ3v) is 4.01. The third-order valence-electron chi connectivity index (χ3n) is 4.01. The first-order valence-corrected chi connectivity index (χ1v) is 9.03. The highest BCUT2D eigenvalue weighted by Gasteiger charge is 2.23. The van der Waals surface area contributed by atoms with Crippen molar-refractivity contribution in [2.24, 2.45) is 0 Å². The summed E-state index contributed by atoms with van der Waals surface area (Å²) in [6, 6.07) is 11.2. The van der Waals surface area contributed by atoms with Gasteiger partial charge >= 0.3 is 0 Å². The molecular weight excluding hydrogens is 376 g/mol. The van der Waals surface area contributed by atoms with E-state index in [2.05, 4.69) is 10.4 Å². The third kappa shape index (κ3) is 4.34. The second kappa shape index (κ2) is 8.87. The Bertz CT molecular complexity index is 1020. The summed E-state index contributed by atoms with van der Waals surface area (Å²) in [7, 11) is 0. The van der Waals surface area contributed by atoms with Crippen molar-refractivity contribution in [3.63, 3.8) is 0 Å². The maximum atomic E-state index is 12.9. The Hall–Kier alpha value is -3.88. The van der Waals surface area contributed by atoms with Gasteiger partial charge in [0.25, 0.3) is 11.6 Å². The average Bonchev–Trinajstić information content (AvgIpc) is 3.24. The minimum Gasteiger partial charge on any atom is -0.490 e.